The maximum absolute atomic E-state index is 5.85. The third-order valence-electron chi connectivity index (χ3n) is 1.30. The van der Waals surface area contributed by atoms with Crippen LogP contribution < -0.4 is 0 Å². The summed E-state index contributed by atoms with van der Waals surface area (Å²) in [6, 6.07) is 0. The molecule has 0 N–H and O–H groups in total. The molecule has 1 rings (SSSR count). The van der Waals surface area contributed by atoms with E-state index in [0.717, 1.165) is 0 Å². The second kappa shape index (κ2) is 3.53. The summed E-state index contributed by atoms with van der Waals surface area (Å²) in [6.07, 6.45) is 3.80. The second-order valence-corrected chi connectivity index (χ2v) is 4.93. The Bertz CT molecular complexity index is 203. The van der Waals surface area contributed by atoms with Crippen LogP contribution in [0.1, 0.15) is 6.42 Å². The zero-order chi connectivity index (χ0) is 8.48. The molecule has 62 valence electrons. The van der Waals surface area contributed by atoms with E-state index >= 15 is 0 Å². The zero-order valence-electron chi connectivity index (χ0n) is 5.40. The highest BCUT2D eigenvalue weighted by atomic mass is 35.6. The number of allylic oxidation sites excluding steroid dienone is 1. The number of hydrogen-bond acceptors (Lipinski definition) is 1. The van der Waals surface area contributed by atoms with Gasteiger partial charge in [-0.15, -0.1) is 11.6 Å². The monoisotopic (exact) mass is 231 g/mol. The van der Waals surface area contributed by atoms with Crippen molar-refractivity contribution in [3.05, 3.63) is 11.8 Å². The van der Waals surface area contributed by atoms with Crippen LogP contribution >= 0.6 is 46.4 Å². The summed E-state index contributed by atoms with van der Waals surface area (Å²) >= 11 is 22.7. The molecular weight excluding hydrogens is 228 g/mol. The first kappa shape index (κ1) is 9.66. The van der Waals surface area contributed by atoms with Crippen LogP contribution in [-0.4, -0.2) is 15.4 Å². The van der Waals surface area contributed by atoms with Crippen molar-refractivity contribution < 1.29 is 0 Å². The molecule has 1 unspecified atom stereocenters. The lowest BCUT2D eigenvalue weighted by Gasteiger charge is -2.20. The molecule has 0 spiro atoms. The van der Waals surface area contributed by atoms with E-state index in [1.807, 2.05) is 0 Å². The van der Waals surface area contributed by atoms with E-state index in [4.69, 9.17) is 46.4 Å². The van der Waals surface area contributed by atoms with E-state index in [-0.39, 0.29) is 5.38 Å². The van der Waals surface area contributed by atoms with Crippen molar-refractivity contribution in [3.8, 4) is 0 Å². The van der Waals surface area contributed by atoms with Gasteiger partial charge < -0.3 is 0 Å². The molecular formula is C6H5Cl4N. The van der Waals surface area contributed by atoms with Crippen LogP contribution in [-0.2, 0) is 0 Å². The van der Waals surface area contributed by atoms with Crippen LogP contribution in [0.3, 0.4) is 0 Å². The molecule has 0 saturated carbocycles. The van der Waals surface area contributed by atoms with Crippen molar-refractivity contribution in [2.45, 2.75) is 15.6 Å². The van der Waals surface area contributed by atoms with Gasteiger partial charge in [0.15, 0.2) is 0 Å². The topological polar surface area (TPSA) is 12.4 Å². The Morgan fingerprint density at radius 3 is 2.45 bits per heavy atom. The van der Waals surface area contributed by atoms with E-state index in [9.17, 15) is 0 Å². The van der Waals surface area contributed by atoms with Crippen molar-refractivity contribution in [1.82, 2.24) is 0 Å². The fraction of sp³-hybridized carbons (Fsp3) is 0.500. The summed E-state index contributed by atoms with van der Waals surface area (Å²) in [4.78, 5) is 3.85. The Morgan fingerprint density at radius 1 is 1.45 bits per heavy atom. The van der Waals surface area contributed by atoms with Crippen LogP contribution in [0.4, 0.5) is 0 Å². The van der Waals surface area contributed by atoms with Crippen molar-refractivity contribution >= 4 is 52.6 Å². The van der Waals surface area contributed by atoms with Gasteiger partial charge >= 0.3 is 0 Å². The van der Waals surface area contributed by atoms with Gasteiger partial charge in [0, 0.05) is 24.4 Å². The van der Waals surface area contributed by atoms with Gasteiger partial charge in [-0.1, -0.05) is 34.8 Å². The number of alkyl halides is 4. The van der Waals surface area contributed by atoms with Crippen LogP contribution in [0, 0.1) is 0 Å². The van der Waals surface area contributed by atoms with E-state index in [1.54, 1.807) is 6.21 Å². The molecule has 1 atom stereocenters. The molecule has 0 saturated heterocycles. The zero-order valence-corrected chi connectivity index (χ0v) is 8.42. The number of aliphatic imine (C=N–C) groups is 1. The van der Waals surface area contributed by atoms with Gasteiger partial charge in [-0.3, -0.25) is 4.99 Å². The predicted molar refractivity (Wildman–Crippen MR) is 51.1 cm³/mol. The lowest BCUT2D eigenvalue weighted by molar-refractivity contribution is 0.964. The molecule has 1 aliphatic rings. The fourth-order valence-corrected chi connectivity index (χ4v) is 1.75. The molecule has 0 aromatic carbocycles. The van der Waals surface area contributed by atoms with Gasteiger partial charge in [0.1, 0.15) is 0 Å². The van der Waals surface area contributed by atoms with E-state index < -0.39 is 3.79 Å². The van der Waals surface area contributed by atoms with Gasteiger partial charge in [0.2, 0.25) is 3.79 Å². The maximum Gasteiger partial charge on any atom is 0.215 e. The quantitative estimate of drug-likeness (QED) is 0.569. The number of rotatable bonds is 0. The van der Waals surface area contributed by atoms with E-state index in [2.05, 4.69) is 4.99 Å². The fourth-order valence-electron chi connectivity index (χ4n) is 0.745. The summed E-state index contributed by atoms with van der Waals surface area (Å²) < 4.78 is -1.43. The smallest absolute Gasteiger partial charge is 0.215 e. The highest BCUT2D eigenvalue weighted by Gasteiger charge is 2.31. The molecule has 0 radical (unpaired) electrons. The minimum Gasteiger partial charge on any atom is -0.269 e. The lowest BCUT2D eigenvalue weighted by Crippen LogP contribution is -2.19. The third-order valence-corrected chi connectivity index (χ3v) is 2.36. The Hall–Kier alpha value is 0.570. The summed E-state index contributed by atoms with van der Waals surface area (Å²) in [6.45, 7) is 0. The Balaban J connectivity index is 2.84. The second-order valence-electron chi connectivity index (χ2n) is 2.12. The van der Waals surface area contributed by atoms with Gasteiger partial charge in [-0.05, 0) is 0 Å². The molecule has 0 bridgehead atoms. The van der Waals surface area contributed by atoms with Gasteiger partial charge in [0.05, 0.1) is 5.38 Å². The van der Waals surface area contributed by atoms with Crippen LogP contribution in [0.5, 0.6) is 0 Å². The highest BCUT2D eigenvalue weighted by molar-refractivity contribution is 6.69. The molecule has 1 aliphatic heterocycles. The molecule has 0 fully saturated rings. The van der Waals surface area contributed by atoms with Gasteiger partial charge in [-0.2, -0.15) is 0 Å². The first-order valence-corrected chi connectivity index (χ1v) is 4.52. The number of halogens is 4. The predicted octanol–water partition coefficient (Wildman–Crippen LogP) is 3.32. The first-order valence-electron chi connectivity index (χ1n) is 2.95. The number of nitrogens with zero attached hydrogens (tertiary/aromatic N) is 1. The standard InChI is InChI=1S/C6H5Cl4N/c7-5-1-2-11-3-4(5)6(8,9)10/h2-3,5H,1H2. The summed E-state index contributed by atoms with van der Waals surface area (Å²) in [5.41, 5.74) is 0.534. The van der Waals surface area contributed by atoms with Crippen LogP contribution in [0.25, 0.3) is 0 Å². The molecule has 0 aromatic heterocycles. The molecule has 0 aromatic rings. The molecule has 0 amide bonds. The molecule has 5 heteroatoms. The average molecular weight is 233 g/mol. The number of hydrogen-bond donors (Lipinski definition) is 0. The normalized spacial score (nSPS) is 25.1. The van der Waals surface area contributed by atoms with Crippen molar-refractivity contribution in [2.24, 2.45) is 4.99 Å². The van der Waals surface area contributed by atoms with Crippen LogP contribution in [0.2, 0.25) is 0 Å². The van der Waals surface area contributed by atoms with E-state index in [0.29, 0.717) is 12.0 Å². The summed E-state index contributed by atoms with van der Waals surface area (Å²) in [5.74, 6) is 0. The largest absolute Gasteiger partial charge is 0.269 e. The summed E-state index contributed by atoms with van der Waals surface area (Å²) in [5, 5.41) is -0.250. The molecule has 0 aliphatic carbocycles. The Kier molecular flexibility index (Phi) is 3.10. The van der Waals surface area contributed by atoms with Crippen molar-refractivity contribution in [1.29, 1.82) is 0 Å². The third kappa shape index (κ3) is 2.51. The molecule has 1 nitrogen and oxygen atoms in total. The minimum atomic E-state index is -1.43. The van der Waals surface area contributed by atoms with E-state index in [1.165, 1.54) is 6.20 Å². The van der Waals surface area contributed by atoms with Gasteiger partial charge in [-0.25, -0.2) is 0 Å². The molecule has 11 heavy (non-hydrogen) atoms. The Labute approximate surface area is 85.0 Å². The average Bonchev–Trinajstić information content (AvgIpc) is 1.86. The van der Waals surface area contributed by atoms with Gasteiger partial charge in [0.25, 0.3) is 0 Å². The minimum absolute atomic E-state index is 0.250. The summed E-state index contributed by atoms with van der Waals surface area (Å²) in [7, 11) is 0. The SMILES string of the molecule is ClC1CC=NC=C1C(Cl)(Cl)Cl. The van der Waals surface area contributed by atoms with Crippen LogP contribution in [0.15, 0.2) is 16.8 Å². The van der Waals surface area contributed by atoms with Crippen molar-refractivity contribution in [2.75, 3.05) is 0 Å². The van der Waals surface area contributed by atoms with Crippen molar-refractivity contribution in [3.63, 3.8) is 0 Å². The molecule has 1 heterocycles. The Morgan fingerprint density at radius 2 is 2.09 bits per heavy atom. The highest BCUT2D eigenvalue weighted by Crippen LogP contribution is 2.39. The first-order chi connectivity index (χ1) is 5.02. The maximum atomic E-state index is 5.85. The lowest BCUT2D eigenvalue weighted by atomic mass is 10.1.